The molecule has 0 atom stereocenters. The fraction of sp³-hybridized carbons (Fsp3) is 0.417. The summed E-state index contributed by atoms with van der Waals surface area (Å²) in [5, 5.41) is 0. The third-order valence-corrected chi connectivity index (χ3v) is 3.73. The van der Waals surface area contributed by atoms with E-state index in [1.54, 1.807) is 39.0 Å². The van der Waals surface area contributed by atoms with E-state index in [4.69, 9.17) is 0 Å². The fourth-order valence-electron chi connectivity index (χ4n) is 1.11. The first-order chi connectivity index (χ1) is 7.73. The first kappa shape index (κ1) is 13.9. The molecule has 4 nitrogen and oxygen atoms in total. The molecule has 0 unspecified atom stereocenters. The van der Waals surface area contributed by atoms with Crippen LogP contribution in [0.3, 0.4) is 0 Å². The number of ketones is 1. The molecule has 0 saturated heterocycles. The minimum atomic E-state index is -3.59. The van der Waals surface area contributed by atoms with Gasteiger partial charge < -0.3 is 0 Å². The number of carbonyl (C=O) groups excluding carboxylic acids is 1. The molecule has 0 bridgehead atoms. The highest BCUT2D eigenvalue weighted by molar-refractivity contribution is 7.89. The van der Waals surface area contributed by atoms with Gasteiger partial charge in [0.25, 0.3) is 0 Å². The third kappa shape index (κ3) is 3.94. The Kier molecular flexibility index (Phi) is 4.06. The molecule has 0 spiro atoms. The number of hydrogen-bond acceptors (Lipinski definition) is 3. The summed E-state index contributed by atoms with van der Waals surface area (Å²) in [4.78, 5) is 11.8. The van der Waals surface area contributed by atoms with Gasteiger partial charge in [0.2, 0.25) is 10.0 Å². The Morgan fingerprint density at radius 1 is 1.18 bits per heavy atom. The van der Waals surface area contributed by atoms with Crippen LogP contribution >= 0.6 is 0 Å². The molecule has 0 aliphatic rings. The summed E-state index contributed by atoms with van der Waals surface area (Å²) in [6, 6.07) is 7.99. The number of sulfonamides is 1. The van der Waals surface area contributed by atoms with E-state index >= 15 is 0 Å². The molecular formula is C12H17NO3S. The Labute approximate surface area is 102 Å². The van der Waals surface area contributed by atoms with Gasteiger partial charge in [0.1, 0.15) is 0 Å². The van der Waals surface area contributed by atoms with E-state index < -0.39 is 15.4 Å². The van der Waals surface area contributed by atoms with E-state index in [0.717, 1.165) is 0 Å². The van der Waals surface area contributed by atoms with Crippen LogP contribution in [0.5, 0.6) is 0 Å². The van der Waals surface area contributed by atoms with Gasteiger partial charge in [-0.2, -0.15) is 0 Å². The van der Waals surface area contributed by atoms with Crippen molar-refractivity contribution in [2.75, 3.05) is 6.54 Å². The maximum atomic E-state index is 11.8. The molecule has 5 heteroatoms. The third-order valence-electron chi connectivity index (χ3n) is 2.31. The standard InChI is InChI=1S/C12H17NO3S/c1-12(2,3)11(14)9-13-17(15,16)10-7-5-4-6-8-10/h4-8,13H,9H2,1-3H3. The first-order valence-corrected chi connectivity index (χ1v) is 6.80. The molecule has 1 N–H and O–H groups in total. The van der Waals surface area contributed by atoms with Crippen molar-refractivity contribution in [2.45, 2.75) is 25.7 Å². The Balaban J connectivity index is 2.74. The molecule has 1 rings (SSSR count). The van der Waals surface area contributed by atoms with Crippen molar-refractivity contribution in [1.29, 1.82) is 0 Å². The Bertz CT molecular complexity index is 486. The lowest BCUT2D eigenvalue weighted by Gasteiger charge is -2.16. The van der Waals surface area contributed by atoms with E-state index in [1.165, 1.54) is 12.1 Å². The Morgan fingerprint density at radius 3 is 2.18 bits per heavy atom. The maximum absolute atomic E-state index is 11.8. The normalized spacial score (nSPS) is 12.4. The maximum Gasteiger partial charge on any atom is 0.240 e. The van der Waals surface area contributed by atoms with Crippen molar-refractivity contribution in [3.63, 3.8) is 0 Å². The zero-order chi connectivity index (χ0) is 13.1. The van der Waals surface area contributed by atoms with Crippen LogP contribution in [0.2, 0.25) is 0 Å². The van der Waals surface area contributed by atoms with Gasteiger partial charge in [0.15, 0.2) is 5.78 Å². The second-order valence-electron chi connectivity index (χ2n) is 4.81. The van der Waals surface area contributed by atoms with Crippen molar-refractivity contribution in [1.82, 2.24) is 4.72 Å². The van der Waals surface area contributed by atoms with Gasteiger partial charge in [0, 0.05) is 5.41 Å². The van der Waals surface area contributed by atoms with Crippen LogP contribution < -0.4 is 4.72 Å². The van der Waals surface area contributed by atoms with Crippen molar-refractivity contribution in [3.05, 3.63) is 30.3 Å². The van der Waals surface area contributed by atoms with Gasteiger partial charge >= 0.3 is 0 Å². The minimum Gasteiger partial charge on any atom is -0.298 e. The van der Waals surface area contributed by atoms with Crippen LogP contribution in [-0.2, 0) is 14.8 Å². The molecule has 17 heavy (non-hydrogen) atoms. The van der Waals surface area contributed by atoms with E-state index in [1.807, 2.05) is 0 Å². The fourth-order valence-corrected chi connectivity index (χ4v) is 2.11. The molecule has 0 aliphatic carbocycles. The van der Waals surface area contributed by atoms with Gasteiger partial charge in [-0.25, -0.2) is 13.1 Å². The summed E-state index contributed by atoms with van der Waals surface area (Å²) < 4.78 is 25.9. The summed E-state index contributed by atoms with van der Waals surface area (Å²) in [6.45, 7) is 5.09. The lowest BCUT2D eigenvalue weighted by molar-refractivity contribution is -0.125. The van der Waals surface area contributed by atoms with Crippen LogP contribution in [0.4, 0.5) is 0 Å². The van der Waals surface area contributed by atoms with Crippen LogP contribution in [-0.4, -0.2) is 20.7 Å². The summed E-state index contributed by atoms with van der Waals surface area (Å²) >= 11 is 0. The second-order valence-corrected chi connectivity index (χ2v) is 6.58. The number of benzene rings is 1. The molecular weight excluding hydrogens is 238 g/mol. The second kappa shape index (κ2) is 4.98. The Morgan fingerprint density at radius 2 is 1.71 bits per heavy atom. The van der Waals surface area contributed by atoms with Crippen molar-refractivity contribution >= 4 is 15.8 Å². The van der Waals surface area contributed by atoms with Gasteiger partial charge in [-0.15, -0.1) is 0 Å². The molecule has 0 heterocycles. The van der Waals surface area contributed by atoms with Crippen molar-refractivity contribution < 1.29 is 13.2 Å². The quantitative estimate of drug-likeness (QED) is 0.888. The zero-order valence-electron chi connectivity index (χ0n) is 10.2. The average Bonchev–Trinajstić information content (AvgIpc) is 2.26. The number of carbonyl (C=O) groups is 1. The van der Waals surface area contributed by atoms with Gasteiger partial charge in [-0.05, 0) is 12.1 Å². The summed E-state index contributed by atoms with van der Waals surface area (Å²) in [6.07, 6.45) is 0. The van der Waals surface area contributed by atoms with E-state index in [-0.39, 0.29) is 17.2 Å². The van der Waals surface area contributed by atoms with Crippen LogP contribution in [0, 0.1) is 5.41 Å². The molecule has 1 aromatic rings. The number of nitrogens with one attached hydrogen (secondary N) is 1. The van der Waals surface area contributed by atoms with Crippen LogP contribution in [0.15, 0.2) is 35.2 Å². The highest BCUT2D eigenvalue weighted by atomic mass is 32.2. The van der Waals surface area contributed by atoms with Gasteiger partial charge in [-0.1, -0.05) is 39.0 Å². The van der Waals surface area contributed by atoms with Crippen LogP contribution in [0.1, 0.15) is 20.8 Å². The predicted octanol–water partition coefficient (Wildman–Crippen LogP) is 1.58. The predicted molar refractivity (Wildman–Crippen MR) is 66.1 cm³/mol. The summed E-state index contributed by atoms with van der Waals surface area (Å²) in [5.41, 5.74) is -0.542. The smallest absolute Gasteiger partial charge is 0.240 e. The minimum absolute atomic E-state index is 0.142. The van der Waals surface area contributed by atoms with Crippen molar-refractivity contribution in [3.8, 4) is 0 Å². The van der Waals surface area contributed by atoms with E-state index in [9.17, 15) is 13.2 Å². The average molecular weight is 255 g/mol. The summed E-state index contributed by atoms with van der Waals surface area (Å²) in [7, 11) is -3.59. The largest absolute Gasteiger partial charge is 0.298 e. The molecule has 0 fully saturated rings. The first-order valence-electron chi connectivity index (χ1n) is 5.31. The van der Waals surface area contributed by atoms with Crippen LogP contribution in [0.25, 0.3) is 0 Å². The molecule has 0 amide bonds. The van der Waals surface area contributed by atoms with Gasteiger partial charge in [0.05, 0.1) is 11.4 Å². The number of hydrogen-bond donors (Lipinski definition) is 1. The molecule has 0 aromatic heterocycles. The highest BCUT2D eigenvalue weighted by Crippen LogP contribution is 2.14. The molecule has 0 saturated carbocycles. The molecule has 0 aliphatic heterocycles. The van der Waals surface area contributed by atoms with E-state index in [0.29, 0.717) is 0 Å². The Hall–Kier alpha value is -1.20. The van der Waals surface area contributed by atoms with Gasteiger partial charge in [-0.3, -0.25) is 4.79 Å². The van der Waals surface area contributed by atoms with E-state index in [2.05, 4.69) is 4.72 Å². The molecule has 0 radical (unpaired) electrons. The summed E-state index contributed by atoms with van der Waals surface area (Å²) in [5.74, 6) is -0.142. The molecule has 1 aromatic carbocycles. The highest BCUT2D eigenvalue weighted by Gasteiger charge is 2.23. The zero-order valence-corrected chi connectivity index (χ0v) is 11.0. The molecule has 94 valence electrons. The SMILES string of the molecule is CC(C)(C)C(=O)CNS(=O)(=O)c1ccccc1. The number of rotatable bonds is 4. The number of Topliss-reactive ketones (excluding diaryl/α,β-unsaturated/α-hetero) is 1. The lowest BCUT2D eigenvalue weighted by Crippen LogP contribution is -2.35. The monoisotopic (exact) mass is 255 g/mol. The lowest BCUT2D eigenvalue weighted by atomic mass is 9.91. The topological polar surface area (TPSA) is 63.2 Å². The van der Waals surface area contributed by atoms with Crippen molar-refractivity contribution in [2.24, 2.45) is 5.41 Å².